The lowest BCUT2D eigenvalue weighted by atomic mass is 10.1. The van der Waals surface area contributed by atoms with Crippen LogP contribution < -0.4 is 10.9 Å². The summed E-state index contributed by atoms with van der Waals surface area (Å²) in [5, 5.41) is 3.47. The summed E-state index contributed by atoms with van der Waals surface area (Å²) in [5.41, 5.74) is -0.120. The lowest BCUT2D eigenvalue weighted by Gasteiger charge is -2.33. The number of likely N-dealkylation sites (tertiary alicyclic amines) is 1. The Hall–Kier alpha value is -2.90. The van der Waals surface area contributed by atoms with Gasteiger partial charge >= 0.3 is 6.09 Å². The summed E-state index contributed by atoms with van der Waals surface area (Å²) < 4.78 is 6.78. The summed E-state index contributed by atoms with van der Waals surface area (Å²) in [6, 6.07) is 7.07. The number of fused-ring (bicyclic) bond motifs is 1. The Kier molecular flexibility index (Phi) is 5.91. The molecule has 2 aromatic rings. The van der Waals surface area contributed by atoms with E-state index in [0.29, 0.717) is 42.7 Å². The molecule has 3 rings (SSSR count). The fraction of sp³-hybridized carbons (Fsp3) is 0.524. The molecule has 1 fully saturated rings. The van der Waals surface area contributed by atoms with Crippen LogP contribution in [0, 0.1) is 6.92 Å². The number of carbonyl (C=O) groups excluding carboxylic acids is 2. The smallest absolute Gasteiger partial charge is 0.410 e. The van der Waals surface area contributed by atoms with Crippen LogP contribution in [0.2, 0.25) is 0 Å². The van der Waals surface area contributed by atoms with Crippen LogP contribution in [-0.2, 0) is 16.1 Å². The highest BCUT2D eigenvalue weighted by Gasteiger charge is 2.27. The first-order valence-corrected chi connectivity index (χ1v) is 9.87. The maximum Gasteiger partial charge on any atom is 0.410 e. The average Bonchev–Trinajstić information content (AvgIpc) is 2.64. The maximum atomic E-state index is 12.7. The molecule has 0 bridgehead atoms. The van der Waals surface area contributed by atoms with Crippen LogP contribution in [0.25, 0.3) is 10.9 Å². The van der Waals surface area contributed by atoms with E-state index in [1.165, 1.54) is 4.57 Å². The van der Waals surface area contributed by atoms with E-state index in [0.717, 1.165) is 0 Å². The van der Waals surface area contributed by atoms with Crippen molar-refractivity contribution in [3.8, 4) is 0 Å². The van der Waals surface area contributed by atoms with Crippen molar-refractivity contribution in [2.45, 2.75) is 58.7 Å². The number of aromatic nitrogens is 2. The molecule has 1 saturated heterocycles. The average molecular weight is 400 g/mol. The van der Waals surface area contributed by atoms with E-state index in [1.54, 1.807) is 30.0 Å². The fourth-order valence-corrected chi connectivity index (χ4v) is 3.42. The predicted molar refractivity (Wildman–Crippen MR) is 110 cm³/mol. The molecule has 0 spiro atoms. The van der Waals surface area contributed by atoms with Crippen molar-refractivity contribution in [1.29, 1.82) is 0 Å². The number of hydrogen-bond donors (Lipinski definition) is 1. The third-order valence-electron chi connectivity index (χ3n) is 4.87. The van der Waals surface area contributed by atoms with Gasteiger partial charge in [-0.2, -0.15) is 0 Å². The number of ether oxygens (including phenoxy) is 1. The second-order valence-corrected chi connectivity index (χ2v) is 8.38. The summed E-state index contributed by atoms with van der Waals surface area (Å²) in [4.78, 5) is 43.4. The zero-order valence-electron chi connectivity index (χ0n) is 17.4. The zero-order chi connectivity index (χ0) is 21.2. The lowest BCUT2D eigenvalue weighted by molar-refractivity contribution is -0.122. The van der Waals surface area contributed by atoms with Gasteiger partial charge in [0.2, 0.25) is 5.91 Å². The molecule has 1 aromatic carbocycles. The Morgan fingerprint density at radius 2 is 1.86 bits per heavy atom. The van der Waals surface area contributed by atoms with Gasteiger partial charge in [0.05, 0.1) is 10.9 Å². The lowest BCUT2D eigenvalue weighted by Crippen LogP contribution is -2.48. The Balaban J connectivity index is 1.58. The highest BCUT2D eigenvalue weighted by atomic mass is 16.6. The van der Waals surface area contributed by atoms with Crippen molar-refractivity contribution < 1.29 is 14.3 Å². The highest BCUT2D eigenvalue weighted by Crippen LogP contribution is 2.15. The molecule has 2 amide bonds. The van der Waals surface area contributed by atoms with Crippen molar-refractivity contribution in [2.24, 2.45) is 0 Å². The molecule has 156 valence electrons. The number of aryl methyl sites for hydroxylation is 1. The molecular weight excluding hydrogens is 372 g/mol. The Labute approximate surface area is 169 Å². The largest absolute Gasteiger partial charge is 0.444 e. The molecule has 1 aliphatic heterocycles. The SMILES string of the molecule is Cc1nc2ccccc2c(=O)n1CC(=O)NC1CCN(C(=O)OC(C)(C)C)CC1. The molecule has 8 nitrogen and oxygen atoms in total. The standard InChI is InChI=1S/C21H28N4O4/c1-14-22-17-8-6-5-7-16(17)19(27)25(14)13-18(26)23-15-9-11-24(12-10-15)20(28)29-21(2,3)4/h5-8,15H,9-13H2,1-4H3,(H,23,26). The first-order valence-electron chi connectivity index (χ1n) is 9.87. The van der Waals surface area contributed by atoms with Gasteiger partial charge in [0, 0.05) is 19.1 Å². The van der Waals surface area contributed by atoms with Crippen LogP contribution >= 0.6 is 0 Å². The molecule has 29 heavy (non-hydrogen) atoms. The number of piperidine rings is 1. The van der Waals surface area contributed by atoms with Gasteiger partial charge < -0.3 is 15.0 Å². The summed E-state index contributed by atoms with van der Waals surface area (Å²) in [6.45, 7) is 8.21. The molecule has 8 heteroatoms. The van der Waals surface area contributed by atoms with Crippen LogP contribution in [0.15, 0.2) is 29.1 Å². The molecule has 2 heterocycles. The van der Waals surface area contributed by atoms with E-state index in [4.69, 9.17) is 4.74 Å². The molecule has 0 atom stereocenters. The quantitative estimate of drug-likeness (QED) is 0.853. The van der Waals surface area contributed by atoms with E-state index in [1.807, 2.05) is 26.8 Å². The number of carbonyl (C=O) groups is 2. The maximum absolute atomic E-state index is 12.7. The number of hydrogen-bond acceptors (Lipinski definition) is 5. The summed E-state index contributed by atoms with van der Waals surface area (Å²) >= 11 is 0. The van der Waals surface area contributed by atoms with E-state index < -0.39 is 5.60 Å². The van der Waals surface area contributed by atoms with Crippen LogP contribution in [-0.4, -0.2) is 51.2 Å². The third kappa shape index (κ3) is 5.13. The van der Waals surface area contributed by atoms with Gasteiger partial charge in [0.15, 0.2) is 0 Å². The number of amides is 2. The van der Waals surface area contributed by atoms with Crippen molar-refractivity contribution in [1.82, 2.24) is 19.8 Å². The summed E-state index contributed by atoms with van der Waals surface area (Å²) in [7, 11) is 0. The fourth-order valence-electron chi connectivity index (χ4n) is 3.42. The van der Waals surface area contributed by atoms with Crippen LogP contribution in [0.4, 0.5) is 4.79 Å². The highest BCUT2D eigenvalue weighted by molar-refractivity contribution is 5.79. The van der Waals surface area contributed by atoms with E-state index in [9.17, 15) is 14.4 Å². The van der Waals surface area contributed by atoms with Gasteiger partial charge in [0.1, 0.15) is 18.0 Å². The molecule has 0 radical (unpaired) electrons. The Morgan fingerprint density at radius 1 is 1.21 bits per heavy atom. The van der Waals surface area contributed by atoms with E-state index in [2.05, 4.69) is 10.3 Å². The number of benzene rings is 1. The monoisotopic (exact) mass is 400 g/mol. The van der Waals surface area contributed by atoms with Crippen LogP contribution in [0.3, 0.4) is 0 Å². The first-order chi connectivity index (χ1) is 13.6. The van der Waals surface area contributed by atoms with Crippen molar-refractivity contribution >= 4 is 22.9 Å². The number of nitrogens with zero attached hydrogens (tertiary/aromatic N) is 3. The van der Waals surface area contributed by atoms with Gasteiger partial charge in [-0.05, 0) is 52.7 Å². The van der Waals surface area contributed by atoms with Crippen LogP contribution in [0.5, 0.6) is 0 Å². The minimum Gasteiger partial charge on any atom is -0.444 e. The van der Waals surface area contributed by atoms with Crippen LogP contribution in [0.1, 0.15) is 39.4 Å². The number of nitrogens with one attached hydrogen (secondary N) is 1. The molecule has 0 saturated carbocycles. The molecule has 1 aliphatic rings. The van der Waals surface area contributed by atoms with Gasteiger partial charge in [-0.15, -0.1) is 0 Å². The van der Waals surface area contributed by atoms with E-state index in [-0.39, 0.29) is 30.1 Å². The molecule has 1 N–H and O–H groups in total. The number of para-hydroxylation sites is 1. The van der Waals surface area contributed by atoms with Crippen molar-refractivity contribution in [3.63, 3.8) is 0 Å². The normalized spacial score (nSPS) is 15.4. The molecule has 0 unspecified atom stereocenters. The topological polar surface area (TPSA) is 93.5 Å². The summed E-state index contributed by atoms with van der Waals surface area (Å²) in [6.07, 6.45) is 0.968. The van der Waals surface area contributed by atoms with Crippen molar-refractivity contribution in [3.05, 3.63) is 40.4 Å². The molecule has 0 aliphatic carbocycles. The Morgan fingerprint density at radius 3 is 2.52 bits per heavy atom. The zero-order valence-corrected chi connectivity index (χ0v) is 17.4. The van der Waals surface area contributed by atoms with E-state index >= 15 is 0 Å². The molecule has 1 aromatic heterocycles. The predicted octanol–water partition coefficient (Wildman–Crippen LogP) is 2.22. The number of rotatable bonds is 3. The van der Waals surface area contributed by atoms with Gasteiger partial charge in [0.25, 0.3) is 5.56 Å². The summed E-state index contributed by atoms with van der Waals surface area (Å²) in [5.74, 6) is 0.270. The Bertz CT molecular complexity index is 969. The third-order valence-corrected chi connectivity index (χ3v) is 4.87. The van der Waals surface area contributed by atoms with Crippen molar-refractivity contribution in [2.75, 3.05) is 13.1 Å². The minimum absolute atomic E-state index is 0.0365. The van der Waals surface area contributed by atoms with Gasteiger partial charge in [-0.1, -0.05) is 12.1 Å². The minimum atomic E-state index is -0.527. The molecular formula is C21H28N4O4. The van der Waals surface area contributed by atoms with Gasteiger partial charge in [-0.3, -0.25) is 14.2 Å². The second-order valence-electron chi connectivity index (χ2n) is 8.38. The first kappa shape index (κ1) is 20.8. The second kappa shape index (κ2) is 8.23. The van der Waals surface area contributed by atoms with Gasteiger partial charge in [-0.25, -0.2) is 9.78 Å².